The first-order valence-corrected chi connectivity index (χ1v) is 13.6. The average molecular weight is 502 g/mol. The fourth-order valence-electron chi connectivity index (χ4n) is 3.19. The summed E-state index contributed by atoms with van der Waals surface area (Å²) in [5.74, 6) is -0.0141. The molecule has 2 aromatic rings. The summed E-state index contributed by atoms with van der Waals surface area (Å²) in [6.45, 7) is 1.38. The Morgan fingerprint density at radius 1 is 1.06 bits per heavy atom. The lowest BCUT2D eigenvalue weighted by atomic mass is 10.2. The lowest BCUT2D eigenvalue weighted by Crippen LogP contribution is -2.28. The molecule has 0 unspecified atom stereocenters. The molecule has 0 radical (unpaired) electrons. The summed E-state index contributed by atoms with van der Waals surface area (Å²) < 4.78 is 57.1. The Hall–Kier alpha value is -2.34. The molecule has 0 spiro atoms. The van der Waals surface area contributed by atoms with Crippen LogP contribution in [-0.2, 0) is 20.0 Å². The van der Waals surface area contributed by atoms with E-state index in [1.807, 2.05) is 0 Å². The Balaban J connectivity index is 1.52. The van der Waals surface area contributed by atoms with E-state index in [0.717, 1.165) is 19.1 Å². The van der Waals surface area contributed by atoms with E-state index in [1.165, 1.54) is 34.6 Å². The zero-order valence-corrected chi connectivity index (χ0v) is 19.8. The van der Waals surface area contributed by atoms with Crippen molar-refractivity contribution in [2.24, 2.45) is 0 Å². The van der Waals surface area contributed by atoms with Gasteiger partial charge in [-0.15, -0.1) is 0 Å². The molecule has 1 heterocycles. The topological polar surface area (TPSA) is 122 Å². The summed E-state index contributed by atoms with van der Waals surface area (Å²) in [6, 6.07) is 10.4. The molecule has 174 valence electrons. The fourth-order valence-corrected chi connectivity index (χ4v) is 5.47. The van der Waals surface area contributed by atoms with Crippen LogP contribution in [-0.4, -0.2) is 59.5 Å². The van der Waals surface area contributed by atoms with E-state index in [1.54, 1.807) is 12.1 Å². The smallest absolute Gasteiger partial charge is 0.252 e. The first kappa shape index (κ1) is 24.3. The Morgan fingerprint density at radius 3 is 2.34 bits per heavy atom. The summed E-state index contributed by atoms with van der Waals surface area (Å²) in [6.07, 6.45) is 2.75. The van der Waals surface area contributed by atoms with Crippen molar-refractivity contribution in [1.29, 1.82) is 0 Å². The standard InChI is InChI=1S/C20H24ClN3O6S2/c1-31(26,27)23-15-4-9-19(21)18(14-15)20(25)22-10-13-30-16-5-7-17(8-6-16)32(28,29)24-11-2-3-12-24/h4-9,14,23H,2-3,10-13H2,1H3,(H,22,25). The van der Waals surface area contributed by atoms with Crippen molar-refractivity contribution in [3.8, 4) is 5.75 Å². The molecule has 1 aliphatic rings. The normalized spacial score (nSPS) is 14.8. The van der Waals surface area contributed by atoms with Gasteiger partial charge in [-0.05, 0) is 55.3 Å². The minimum Gasteiger partial charge on any atom is -0.492 e. The lowest BCUT2D eigenvalue weighted by Gasteiger charge is -2.15. The highest BCUT2D eigenvalue weighted by atomic mass is 35.5. The van der Waals surface area contributed by atoms with E-state index in [-0.39, 0.29) is 34.3 Å². The SMILES string of the molecule is CS(=O)(=O)Nc1ccc(Cl)c(C(=O)NCCOc2ccc(S(=O)(=O)N3CCCC3)cc2)c1. The molecule has 32 heavy (non-hydrogen) atoms. The molecular formula is C20H24ClN3O6S2. The van der Waals surface area contributed by atoms with Crippen molar-refractivity contribution in [3.05, 3.63) is 53.1 Å². The molecule has 1 fully saturated rings. The van der Waals surface area contributed by atoms with Gasteiger partial charge in [-0.3, -0.25) is 9.52 Å². The molecule has 9 nitrogen and oxygen atoms in total. The maximum absolute atomic E-state index is 12.5. The van der Waals surface area contributed by atoms with E-state index in [0.29, 0.717) is 18.8 Å². The van der Waals surface area contributed by atoms with Crippen LogP contribution in [0.25, 0.3) is 0 Å². The van der Waals surface area contributed by atoms with E-state index < -0.39 is 26.0 Å². The van der Waals surface area contributed by atoms with E-state index in [2.05, 4.69) is 10.0 Å². The molecule has 1 amide bonds. The Morgan fingerprint density at radius 2 is 1.72 bits per heavy atom. The number of nitrogens with one attached hydrogen (secondary N) is 2. The van der Waals surface area contributed by atoms with Gasteiger partial charge in [0.05, 0.1) is 28.3 Å². The predicted octanol–water partition coefficient (Wildman–Crippen LogP) is 2.30. The second-order valence-corrected chi connectivity index (χ2v) is 11.3. The summed E-state index contributed by atoms with van der Waals surface area (Å²) >= 11 is 6.05. The van der Waals surface area contributed by atoms with Gasteiger partial charge in [0.1, 0.15) is 12.4 Å². The van der Waals surface area contributed by atoms with Gasteiger partial charge in [0.15, 0.2) is 0 Å². The number of hydrogen-bond acceptors (Lipinski definition) is 6. The summed E-state index contributed by atoms with van der Waals surface area (Å²) in [5, 5.41) is 2.82. The van der Waals surface area contributed by atoms with Gasteiger partial charge in [0, 0.05) is 18.8 Å². The monoisotopic (exact) mass is 501 g/mol. The van der Waals surface area contributed by atoms with Crippen LogP contribution < -0.4 is 14.8 Å². The average Bonchev–Trinajstić information content (AvgIpc) is 3.27. The maximum Gasteiger partial charge on any atom is 0.252 e. The van der Waals surface area contributed by atoms with Crippen molar-refractivity contribution in [3.63, 3.8) is 0 Å². The number of amides is 1. The number of halogens is 1. The van der Waals surface area contributed by atoms with Gasteiger partial charge >= 0.3 is 0 Å². The van der Waals surface area contributed by atoms with Crippen LogP contribution >= 0.6 is 11.6 Å². The number of anilines is 1. The molecule has 1 saturated heterocycles. The minimum absolute atomic E-state index is 0.122. The van der Waals surface area contributed by atoms with Crippen molar-refractivity contribution < 1.29 is 26.4 Å². The van der Waals surface area contributed by atoms with Crippen LogP contribution in [0.1, 0.15) is 23.2 Å². The van der Waals surface area contributed by atoms with Gasteiger partial charge in [-0.1, -0.05) is 11.6 Å². The molecule has 2 aromatic carbocycles. The highest BCUT2D eigenvalue weighted by molar-refractivity contribution is 7.92. The molecule has 0 bridgehead atoms. The van der Waals surface area contributed by atoms with Crippen molar-refractivity contribution >= 4 is 43.2 Å². The van der Waals surface area contributed by atoms with Crippen LogP contribution in [0.15, 0.2) is 47.4 Å². The van der Waals surface area contributed by atoms with Crippen LogP contribution in [0.5, 0.6) is 5.75 Å². The number of sulfonamides is 2. The molecule has 2 N–H and O–H groups in total. The zero-order chi connectivity index (χ0) is 23.4. The Bertz CT molecular complexity index is 1180. The molecule has 0 saturated carbocycles. The Kier molecular flexibility index (Phi) is 7.65. The zero-order valence-electron chi connectivity index (χ0n) is 17.4. The third-order valence-corrected chi connectivity index (χ3v) is 7.55. The number of ether oxygens (including phenoxy) is 1. The number of carbonyl (C=O) groups excluding carboxylic acids is 1. The molecule has 0 aromatic heterocycles. The number of hydrogen-bond donors (Lipinski definition) is 2. The third kappa shape index (κ3) is 6.35. The predicted molar refractivity (Wildman–Crippen MR) is 122 cm³/mol. The van der Waals surface area contributed by atoms with Gasteiger partial charge in [-0.2, -0.15) is 4.31 Å². The van der Waals surface area contributed by atoms with Gasteiger partial charge in [0.25, 0.3) is 5.91 Å². The fraction of sp³-hybridized carbons (Fsp3) is 0.350. The molecule has 0 aliphatic carbocycles. The second kappa shape index (κ2) is 10.1. The first-order chi connectivity index (χ1) is 15.1. The first-order valence-electron chi connectivity index (χ1n) is 9.85. The van der Waals surface area contributed by atoms with Crippen molar-refractivity contribution in [2.75, 3.05) is 37.2 Å². The van der Waals surface area contributed by atoms with Crippen LogP contribution in [0.3, 0.4) is 0 Å². The van der Waals surface area contributed by atoms with Crippen LogP contribution in [0.2, 0.25) is 5.02 Å². The largest absolute Gasteiger partial charge is 0.492 e. The van der Waals surface area contributed by atoms with Crippen molar-refractivity contribution in [2.45, 2.75) is 17.7 Å². The highest BCUT2D eigenvalue weighted by Gasteiger charge is 2.26. The summed E-state index contributed by atoms with van der Waals surface area (Å²) in [5.41, 5.74) is 0.346. The highest BCUT2D eigenvalue weighted by Crippen LogP contribution is 2.23. The lowest BCUT2D eigenvalue weighted by molar-refractivity contribution is 0.0947. The van der Waals surface area contributed by atoms with E-state index in [9.17, 15) is 21.6 Å². The number of benzene rings is 2. The third-order valence-electron chi connectivity index (χ3n) is 4.70. The van der Waals surface area contributed by atoms with Gasteiger partial charge in [0.2, 0.25) is 20.0 Å². The molecule has 3 rings (SSSR count). The quantitative estimate of drug-likeness (QED) is 0.508. The number of carbonyl (C=O) groups is 1. The van der Waals surface area contributed by atoms with Crippen LogP contribution in [0, 0.1) is 0 Å². The number of rotatable bonds is 9. The second-order valence-electron chi connectivity index (χ2n) is 7.26. The molecule has 1 aliphatic heterocycles. The minimum atomic E-state index is -3.49. The molecular weight excluding hydrogens is 478 g/mol. The number of nitrogens with zero attached hydrogens (tertiary/aromatic N) is 1. The van der Waals surface area contributed by atoms with Gasteiger partial charge < -0.3 is 10.1 Å². The van der Waals surface area contributed by atoms with E-state index in [4.69, 9.17) is 16.3 Å². The van der Waals surface area contributed by atoms with Crippen LogP contribution in [0.4, 0.5) is 5.69 Å². The summed E-state index contributed by atoms with van der Waals surface area (Å²) in [4.78, 5) is 12.6. The summed E-state index contributed by atoms with van der Waals surface area (Å²) in [7, 11) is -6.96. The maximum atomic E-state index is 12.5. The van der Waals surface area contributed by atoms with E-state index >= 15 is 0 Å². The molecule has 12 heteroatoms. The Labute approximate surface area is 192 Å². The molecule has 0 atom stereocenters. The van der Waals surface area contributed by atoms with Crippen molar-refractivity contribution in [1.82, 2.24) is 9.62 Å². The van der Waals surface area contributed by atoms with Gasteiger partial charge in [-0.25, -0.2) is 16.8 Å².